The summed E-state index contributed by atoms with van der Waals surface area (Å²) in [5.41, 5.74) is 4.54. The third-order valence-electron chi connectivity index (χ3n) is 5.96. The van der Waals surface area contributed by atoms with Crippen LogP contribution in [0, 0.1) is 6.92 Å². The Morgan fingerprint density at radius 2 is 1.55 bits per heavy atom. The van der Waals surface area contributed by atoms with E-state index in [1.165, 1.54) is 6.33 Å². The zero-order valence-electron chi connectivity index (χ0n) is 18.0. The Bertz CT molecular complexity index is 1010. The van der Waals surface area contributed by atoms with Crippen LogP contribution in [0.4, 0.5) is 0 Å². The largest absolute Gasteiger partial charge is 0.542 e. The second kappa shape index (κ2) is 8.29. The van der Waals surface area contributed by atoms with Crippen molar-refractivity contribution in [2.45, 2.75) is 65.1 Å². The lowest BCUT2D eigenvalue weighted by molar-refractivity contribution is 0.480. The molecule has 0 saturated heterocycles. The van der Waals surface area contributed by atoms with Gasteiger partial charge in [0.05, 0.1) is 10.4 Å². The lowest BCUT2D eigenvalue weighted by Crippen LogP contribution is -2.50. The maximum absolute atomic E-state index is 6.83. The average molecular weight is 451 g/mol. The van der Waals surface area contributed by atoms with E-state index in [1.807, 2.05) is 19.1 Å². The summed E-state index contributed by atoms with van der Waals surface area (Å²) in [5, 5.41) is 1.68. The Balaban J connectivity index is 2.11. The Labute approximate surface area is 183 Å². The highest BCUT2D eigenvalue weighted by Crippen LogP contribution is 2.46. The number of hydrogen-bond acceptors (Lipinski definition) is 4. The highest BCUT2D eigenvalue weighted by atomic mass is 35.5. The monoisotopic (exact) mass is 450 g/mol. The average Bonchev–Trinajstić information content (AvgIpc) is 3.07. The molecule has 1 aromatic carbocycles. The molecule has 0 fully saturated rings. The number of nitrogens with zero attached hydrogens (tertiary/aromatic N) is 2. The quantitative estimate of drug-likeness (QED) is 0.281. The van der Waals surface area contributed by atoms with Gasteiger partial charge in [-0.15, -0.1) is 0 Å². The minimum Gasteiger partial charge on any atom is -0.542 e. The first-order chi connectivity index (χ1) is 13.6. The third-order valence-corrected chi connectivity index (χ3v) is 12.7. The van der Waals surface area contributed by atoms with Crippen LogP contribution in [-0.4, -0.2) is 18.3 Å². The molecule has 0 radical (unpaired) electrons. The molecule has 7 heteroatoms. The van der Waals surface area contributed by atoms with Crippen molar-refractivity contribution >= 4 is 42.6 Å². The number of furan rings is 1. The van der Waals surface area contributed by atoms with Crippen LogP contribution in [0.1, 0.15) is 47.1 Å². The summed E-state index contributed by atoms with van der Waals surface area (Å²) in [5.74, 6) is 0.755. The summed E-state index contributed by atoms with van der Waals surface area (Å²) in [7, 11) is -2.10. The number of hydrogen-bond donors (Lipinski definition) is 0. The van der Waals surface area contributed by atoms with Crippen molar-refractivity contribution < 1.29 is 8.84 Å². The van der Waals surface area contributed by atoms with E-state index >= 15 is 0 Å². The Hall–Kier alpha value is -1.56. The van der Waals surface area contributed by atoms with Gasteiger partial charge >= 0.3 is 0 Å². The van der Waals surface area contributed by atoms with E-state index in [2.05, 4.69) is 51.5 Å². The number of rotatable bonds is 6. The van der Waals surface area contributed by atoms with Crippen LogP contribution in [0.3, 0.4) is 0 Å². The van der Waals surface area contributed by atoms with Gasteiger partial charge in [-0.3, -0.25) is 0 Å². The minimum absolute atomic E-state index is 0.362. The first-order valence-corrected chi connectivity index (χ1v) is 12.9. The van der Waals surface area contributed by atoms with Gasteiger partial charge in [0, 0.05) is 5.56 Å². The number of fused-ring (bicyclic) bond motifs is 1. The fraction of sp³-hybridized carbons (Fsp3) is 0.455. The maximum atomic E-state index is 6.83. The van der Waals surface area contributed by atoms with Gasteiger partial charge in [0.25, 0.3) is 8.32 Å². The number of aromatic nitrogens is 2. The molecule has 0 N–H and O–H groups in total. The SMILES string of the molecule is Cc1c(-c2coc3ncnc(Cl)c23)ccc(O[Si](C(C)C)(C(C)C)C(C)C)c1Cl. The van der Waals surface area contributed by atoms with Crippen molar-refractivity contribution in [3.05, 3.63) is 40.5 Å². The summed E-state index contributed by atoms with van der Waals surface area (Å²) in [6.07, 6.45) is 3.04. The number of halogens is 2. The minimum atomic E-state index is -2.10. The molecule has 156 valence electrons. The van der Waals surface area contributed by atoms with Crippen molar-refractivity contribution in [3.8, 4) is 16.9 Å². The molecule has 2 heterocycles. The third kappa shape index (κ3) is 3.69. The van der Waals surface area contributed by atoms with E-state index < -0.39 is 8.32 Å². The van der Waals surface area contributed by atoms with Gasteiger partial charge in [-0.05, 0) is 40.7 Å². The number of benzene rings is 1. The molecular formula is C22H28Cl2N2O2Si. The molecule has 2 aromatic heterocycles. The van der Waals surface area contributed by atoms with Gasteiger partial charge in [-0.1, -0.05) is 70.8 Å². The van der Waals surface area contributed by atoms with Gasteiger partial charge in [0.2, 0.25) is 5.71 Å². The van der Waals surface area contributed by atoms with Gasteiger partial charge < -0.3 is 8.84 Å². The van der Waals surface area contributed by atoms with Crippen LogP contribution in [0.25, 0.3) is 22.2 Å². The summed E-state index contributed by atoms with van der Waals surface area (Å²) < 4.78 is 12.4. The predicted molar refractivity (Wildman–Crippen MR) is 124 cm³/mol. The Morgan fingerprint density at radius 1 is 0.931 bits per heavy atom. The zero-order chi connectivity index (χ0) is 21.5. The van der Waals surface area contributed by atoms with Crippen LogP contribution in [0.15, 0.2) is 29.1 Å². The van der Waals surface area contributed by atoms with Crippen molar-refractivity contribution in [2.24, 2.45) is 0 Å². The first kappa shape index (κ1) is 22.1. The van der Waals surface area contributed by atoms with Crippen LogP contribution in [0.2, 0.25) is 26.8 Å². The topological polar surface area (TPSA) is 48.2 Å². The predicted octanol–water partition coefficient (Wildman–Crippen LogP) is 8.06. The second-order valence-electron chi connectivity index (χ2n) is 8.46. The standard InChI is InChI=1S/C22H28Cl2N2O2Si/c1-12(2)29(13(3)4,14(5)6)28-18-9-8-16(15(7)20(18)23)17-10-27-22-19(17)21(24)25-11-26-22/h8-14H,1-7H3. The molecule has 0 aliphatic rings. The van der Waals surface area contributed by atoms with Crippen molar-refractivity contribution in [2.75, 3.05) is 0 Å². The van der Waals surface area contributed by atoms with Crippen LogP contribution in [-0.2, 0) is 0 Å². The van der Waals surface area contributed by atoms with Crippen LogP contribution >= 0.6 is 23.2 Å². The fourth-order valence-corrected chi connectivity index (χ4v) is 10.4. The molecule has 0 bridgehead atoms. The van der Waals surface area contributed by atoms with E-state index in [9.17, 15) is 0 Å². The van der Waals surface area contributed by atoms with E-state index in [0.29, 0.717) is 37.9 Å². The molecule has 0 amide bonds. The van der Waals surface area contributed by atoms with Gasteiger partial charge in [0.15, 0.2) is 0 Å². The molecule has 3 aromatic rings. The lowest BCUT2D eigenvalue weighted by Gasteiger charge is -2.42. The van der Waals surface area contributed by atoms with Crippen molar-refractivity contribution in [1.29, 1.82) is 0 Å². The first-order valence-electron chi connectivity index (χ1n) is 9.97. The highest BCUT2D eigenvalue weighted by Gasteiger charge is 2.47. The summed E-state index contributed by atoms with van der Waals surface area (Å²) in [6.45, 7) is 15.6. The highest BCUT2D eigenvalue weighted by molar-refractivity contribution is 6.78. The van der Waals surface area contributed by atoms with E-state index in [-0.39, 0.29) is 0 Å². The summed E-state index contributed by atoms with van der Waals surface area (Å²) >= 11 is 13.1. The zero-order valence-corrected chi connectivity index (χ0v) is 20.5. The van der Waals surface area contributed by atoms with Crippen LogP contribution in [0.5, 0.6) is 5.75 Å². The Morgan fingerprint density at radius 3 is 2.14 bits per heavy atom. The smallest absolute Gasteiger partial charge is 0.258 e. The Kier molecular flexibility index (Phi) is 6.32. The molecule has 0 spiro atoms. The molecule has 0 aliphatic carbocycles. The maximum Gasteiger partial charge on any atom is 0.258 e. The molecule has 29 heavy (non-hydrogen) atoms. The van der Waals surface area contributed by atoms with Gasteiger partial charge in [0.1, 0.15) is 23.5 Å². The molecule has 0 unspecified atom stereocenters. The summed E-state index contributed by atoms with van der Waals surface area (Å²) in [6, 6.07) is 3.99. The van der Waals surface area contributed by atoms with Gasteiger partial charge in [-0.25, -0.2) is 9.97 Å². The van der Waals surface area contributed by atoms with Crippen molar-refractivity contribution in [1.82, 2.24) is 9.97 Å². The molecule has 3 rings (SSSR count). The second-order valence-corrected chi connectivity index (χ2v) is 14.6. The molecule has 0 aliphatic heterocycles. The molecule has 4 nitrogen and oxygen atoms in total. The van der Waals surface area contributed by atoms with Gasteiger partial charge in [-0.2, -0.15) is 0 Å². The fourth-order valence-electron chi connectivity index (χ4n) is 4.61. The lowest BCUT2D eigenvalue weighted by atomic mass is 10.0. The summed E-state index contributed by atoms with van der Waals surface area (Å²) in [4.78, 5) is 8.23. The van der Waals surface area contributed by atoms with E-state index in [0.717, 1.165) is 22.4 Å². The van der Waals surface area contributed by atoms with Crippen LogP contribution < -0.4 is 4.43 Å². The van der Waals surface area contributed by atoms with Crippen molar-refractivity contribution in [3.63, 3.8) is 0 Å². The van der Waals surface area contributed by atoms with E-state index in [1.54, 1.807) is 6.26 Å². The molecule has 0 atom stereocenters. The molecular weight excluding hydrogens is 423 g/mol. The normalized spacial score (nSPS) is 12.6. The van der Waals surface area contributed by atoms with E-state index in [4.69, 9.17) is 32.0 Å². The molecule has 0 saturated carbocycles.